The predicted octanol–water partition coefficient (Wildman–Crippen LogP) is 5.13. The number of carboxylic acid groups (broad SMARTS) is 1. The van der Waals surface area contributed by atoms with Crippen LogP contribution in [0.25, 0.3) is 22.3 Å². The Morgan fingerprint density at radius 1 is 0.906 bits per heavy atom. The average Bonchev–Trinajstić information content (AvgIpc) is 2.75. The Kier molecular flexibility index (Phi) is 7.73. The van der Waals surface area contributed by atoms with E-state index in [4.69, 9.17) is 4.42 Å². The van der Waals surface area contributed by atoms with Gasteiger partial charge in [-0.3, -0.25) is 9.59 Å². The van der Waals surface area contributed by atoms with Crippen LogP contribution in [-0.4, -0.2) is 27.4 Å². The molecule has 4 rings (SSSR count). The highest BCUT2D eigenvalue weighted by Gasteiger charge is 2.29. The Balaban J connectivity index is 0.00000289. The minimum absolute atomic E-state index is 0. The van der Waals surface area contributed by atoms with E-state index in [2.05, 4.69) is 0 Å². The lowest BCUT2D eigenvalue weighted by Gasteiger charge is -2.18. The third-order valence-electron chi connectivity index (χ3n) is 4.65. The second kappa shape index (κ2) is 9.67. The zero-order chi connectivity index (χ0) is 22.6. The molecule has 2 aliphatic rings. The first-order chi connectivity index (χ1) is 14.6. The molecule has 0 fully saturated rings. The largest absolute Gasteiger partial charge is 0.506 e. The molecule has 0 atom stereocenters. The first kappa shape index (κ1) is 25.6. The van der Waals surface area contributed by atoms with Gasteiger partial charge in [-0.15, -0.1) is 0 Å². The molecule has 0 aromatic heterocycles. The Bertz CT molecular complexity index is 1460. The number of aromatic hydroxyl groups is 1. The lowest BCUT2D eigenvalue weighted by Crippen LogP contribution is -2.16. The van der Waals surface area contributed by atoms with Crippen LogP contribution in [0.5, 0.6) is 5.75 Å². The second-order valence-electron chi connectivity index (χ2n) is 6.43. The molecule has 1 aliphatic carbocycles. The number of carbonyl (C=O) groups is 2. The van der Waals surface area contributed by atoms with Crippen molar-refractivity contribution in [1.29, 1.82) is 0 Å². The van der Waals surface area contributed by atoms with E-state index in [9.17, 15) is 24.6 Å². The highest BCUT2D eigenvalue weighted by Crippen LogP contribution is 2.42. The summed E-state index contributed by atoms with van der Waals surface area (Å²) in [4.78, 5) is 38.0. The molecule has 1 heterocycles. The van der Waals surface area contributed by atoms with Gasteiger partial charge in [-0.1, -0.05) is 18.2 Å². The minimum Gasteiger partial charge on any atom is -0.506 e. The van der Waals surface area contributed by atoms with Crippen LogP contribution in [0.2, 0.25) is 0 Å². The van der Waals surface area contributed by atoms with Crippen LogP contribution in [0.1, 0.15) is 26.3 Å². The quantitative estimate of drug-likeness (QED) is 0.167. The number of aromatic carboxylic acids is 1. The summed E-state index contributed by atoms with van der Waals surface area (Å²) < 4.78 is 7.65. The second-order valence-corrected chi connectivity index (χ2v) is 10.9. The zero-order valence-electron chi connectivity index (χ0n) is 15.5. The number of hydrogen-bond acceptors (Lipinski definition) is 5. The van der Waals surface area contributed by atoms with E-state index in [-0.39, 0.29) is 44.7 Å². The van der Waals surface area contributed by atoms with Crippen LogP contribution in [-0.2, 0) is 0 Å². The summed E-state index contributed by atoms with van der Waals surface area (Å²) in [6, 6.07) is 9.18. The average molecular weight is 882 g/mol. The number of phenolic OH excluding ortho intramolecular Hbond substituents is 1. The number of rotatable bonds is 3. The first-order valence-electron chi connectivity index (χ1n) is 8.46. The van der Waals surface area contributed by atoms with Crippen LogP contribution in [0.3, 0.4) is 0 Å². The van der Waals surface area contributed by atoms with Crippen LogP contribution in [0, 0.1) is 14.3 Å². The van der Waals surface area contributed by atoms with Gasteiger partial charge in [0.05, 0.1) is 16.3 Å². The molecule has 4 N–H and O–H groups in total. The van der Waals surface area contributed by atoms with Gasteiger partial charge in [0, 0.05) is 22.1 Å². The summed E-state index contributed by atoms with van der Waals surface area (Å²) in [6.45, 7) is 0. The summed E-state index contributed by atoms with van der Waals surface area (Å²) >= 11 is 7.66. The van der Waals surface area contributed by atoms with Crippen molar-refractivity contribution in [3.05, 3.63) is 77.6 Å². The van der Waals surface area contributed by atoms with Gasteiger partial charge in [-0.05, 0) is 109 Å². The molecule has 0 radical (unpaired) electrons. The fraction of sp³-hybridized carbons (Fsp3) is 0. The van der Waals surface area contributed by atoms with Crippen molar-refractivity contribution in [2.24, 2.45) is 0 Å². The lowest BCUT2D eigenvalue weighted by atomic mass is 9.91. The maximum Gasteiger partial charge on any atom is 0.336 e. The van der Waals surface area contributed by atoms with Gasteiger partial charge in [0.2, 0.25) is 5.43 Å². The van der Waals surface area contributed by atoms with Gasteiger partial charge < -0.3 is 20.1 Å². The maximum absolute atomic E-state index is 13.8. The van der Waals surface area contributed by atoms with Crippen molar-refractivity contribution >= 4 is 113 Å². The van der Waals surface area contributed by atoms with Crippen molar-refractivity contribution < 1.29 is 29.7 Å². The molecule has 0 bridgehead atoms. The van der Waals surface area contributed by atoms with E-state index in [1.165, 1.54) is 12.1 Å². The molecule has 32 heavy (non-hydrogen) atoms. The van der Waals surface area contributed by atoms with Gasteiger partial charge in [0.25, 0.3) is 0 Å². The Morgan fingerprint density at radius 3 is 2.16 bits per heavy atom. The molecule has 2 aromatic carbocycles. The third-order valence-corrected chi connectivity index (χ3v) is 8.26. The molecule has 0 unspecified atom stereocenters. The lowest BCUT2D eigenvalue weighted by molar-refractivity contribution is 0.0693. The molecule has 0 spiro atoms. The summed E-state index contributed by atoms with van der Waals surface area (Å²) in [5, 5.41) is 20.4. The normalized spacial score (nSPS) is 10.9. The summed E-state index contributed by atoms with van der Waals surface area (Å²) in [6.07, 6.45) is 0. The van der Waals surface area contributed by atoms with E-state index in [0.29, 0.717) is 25.2 Å². The van der Waals surface area contributed by atoms with E-state index < -0.39 is 11.8 Å². The van der Waals surface area contributed by atoms with Crippen molar-refractivity contribution in [3.63, 3.8) is 0 Å². The zero-order valence-corrected chi connectivity index (χ0v) is 24.1. The van der Waals surface area contributed by atoms with Crippen molar-refractivity contribution in [2.75, 3.05) is 0 Å². The van der Waals surface area contributed by atoms with Crippen LogP contribution in [0.4, 0.5) is 0 Å². The molecule has 7 nitrogen and oxygen atoms in total. The van der Waals surface area contributed by atoms with E-state index in [1.54, 1.807) is 24.3 Å². The smallest absolute Gasteiger partial charge is 0.336 e. The standard InChI is InChI=1S/C21H8I4O6.H2O/c22-11-5-9-13(16(26)7-3-1-2-4-8(7)21(29)30)10-6-12(23)18(28)15(25)20(10)31-19(9)14(24)17(11)27;/h1-6,27H,(H,29,30);1H2. The SMILES string of the molecule is O.O=C(O)c1ccccc1C(=O)c1c2cc(I)c(=O)c(I)c-2oc2c(I)c(O)c(I)cc12. The molecule has 11 heteroatoms. The van der Waals surface area contributed by atoms with Crippen LogP contribution in [0.15, 0.2) is 45.6 Å². The Hall–Kier alpha value is -1.05. The summed E-state index contributed by atoms with van der Waals surface area (Å²) in [5.41, 5.74) is 0.548. The number of fused-ring (bicyclic) bond motifs is 2. The van der Waals surface area contributed by atoms with Crippen LogP contribution < -0.4 is 5.43 Å². The minimum atomic E-state index is -1.22. The predicted molar refractivity (Wildman–Crippen MR) is 152 cm³/mol. The molecule has 164 valence electrons. The van der Waals surface area contributed by atoms with Gasteiger partial charge in [-0.25, -0.2) is 4.79 Å². The molecule has 1 aliphatic heterocycles. The van der Waals surface area contributed by atoms with Crippen molar-refractivity contribution in [1.82, 2.24) is 0 Å². The van der Waals surface area contributed by atoms with Gasteiger partial charge in [0.15, 0.2) is 17.1 Å². The Morgan fingerprint density at radius 2 is 1.53 bits per heavy atom. The number of halogens is 4. The number of carboxylic acids is 1. The van der Waals surface area contributed by atoms with Crippen LogP contribution >= 0.6 is 90.4 Å². The van der Waals surface area contributed by atoms with E-state index in [0.717, 1.165) is 0 Å². The van der Waals surface area contributed by atoms with Gasteiger partial charge >= 0.3 is 5.97 Å². The fourth-order valence-electron chi connectivity index (χ4n) is 3.24. The summed E-state index contributed by atoms with van der Waals surface area (Å²) in [5.74, 6) is -1.51. The number of carbonyl (C=O) groups excluding carboxylic acids is 1. The number of benzene rings is 3. The third kappa shape index (κ3) is 4.14. The molecular weight excluding hydrogens is 872 g/mol. The number of hydrogen-bond donors (Lipinski definition) is 2. The summed E-state index contributed by atoms with van der Waals surface area (Å²) in [7, 11) is 0. The monoisotopic (exact) mass is 882 g/mol. The molecule has 0 amide bonds. The number of phenols is 1. The Labute approximate surface area is 234 Å². The maximum atomic E-state index is 13.8. The molecule has 2 aromatic rings. The molecule has 0 saturated carbocycles. The fourth-order valence-corrected chi connectivity index (χ4v) is 6.82. The van der Waals surface area contributed by atoms with Gasteiger partial charge in [-0.2, -0.15) is 0 Å². The van der Waals surface area contributed by atoms with Crippen molar-refractivity contribution in [2.45, 2.75) is 0 Å². The van der Waals surface area contributed by atoms with Crippen molar-refractivity contribution in [3.8, 4) is 17.1 Å². The highest BCUT2D eigenvalue weighted by atomic mass is 127. The highest BCUT2D eigenvalue weighted by molar-refractivity contribution is 14.1. The number of ketones is 1. The molecule has 0 saturated heterocycles. The van der Waals surface area contributed by atoms with Gasteiger partial charge in [0.1, 0.15) is 9.32 Å². The first-order valence-corrected chi connectivity index (χ1v) is 12.8. The van der Waals surface area contributed by atoms with E-state index in [1.807, 2.05) is 90.4 Å². The molecular formula is C21H10I4O7. The van der Waals surface area contributed by atoms with E-state index >= 15 is 0 Å². The topological polar surface area (TPSA) is 136 Å².